The Labute approximate surface area is 167 Å². The van der Waals surface area contributed by atoms with Crippen LogP contribution < -0.4 is 0 Å². The first-order valence-corrected chi connectivity index (χ1v) is 9.26. The molecule has 0 amide bonds. The lowest BCUT2D eigenvalue weighted by atomic mass is 10.0. The van der Waals surface area contributed by atoms with E-state index in [9.17, 15) is 29.7 Å². The number of hydrogen-bond donors (Lipinski definition) is 3. The molecule has 1 heterocycles. The third kappa shape index (κ3) is 5.03. The second-order valence-corrected chi connectivity index (χ2v) is 7.17. The molecule has 2 aliphatic rings. The molecule has 29 heavy (non-hydrogen) atoms. The summed E-state index contributed by atoms with van der Waals surface area (Å²) in [6.45, 7) is 1.46. The van der Waals surface area contributed by atoms with Crippen LogP contribution in [0.5, 0.6) is 11.5 Å². The summed E-state index contributed by atoms with van der Waals surface area (Å²) in [5, 5.41) is 29.0. The highest BCUT2D eigenvalue weighted by Crippen LogP contribution is 2.45. The highest BCUT2D eigenvalue weighted by molar-refractivity contribution is 5.93. The number of benzene rings is 1. The highest BCUT2D eigenvalue weighted by atomic mass is 16.6. The number of phenolic OH excluding ortho intramolecular Hbond substituents is 2. The van der Waals surface area contributed by atoms with E-state index in [0.29, 0.717) is 18.4 Å². The fourth-order valence-corrected chi connectivity index (χ4v) is 3.32. The minimum Gasteiger partial charge on any atom is -0.504 e. The average molecular weight is 402 g/mol. The molecule has 0 spiro atoms. The third-order valence-electron chi connectivity index (χ3n) is 5.02. The molecule has 1 aromatic rings. The van der Waals surface area contributed by atoms with Gasteiger partial charge < -0.3 is 24.8 Å². The molecule has 0 aromatic heterocycles. The fraction of sp³-hybridized carbons (Fsp3) is 0.381. The maximum atomic E-state index is 12.5. The lowest BCUT2D eigenvalue weighted by Gasteiger charge is -2.24. The van der Waals surface area contributed by atoms with Crippen molar-refractivity contribution in [2.45, 2.75) is 38.1 Å². The van der Waals surface area contributed by atoms with Crippen LogP contribution in [0.15, 0.2) is 36.4 Å². The zero-order chi connectivity index (χ0) is 21.1. The minimum atomic E-state index is -0.989. The van der Waals surface area contributed by atoms with E-state index in [0.717, 1.165) is 6.08 Å². The van der Waals surface area contributed by atoms with Gasteiger partial charge in [-0.25, -0.2) is 9.59 Å². The van der Waals surface area contributed by atoms with Crippen molar-refractivity contribution in [3.63, 3.8) is 0 Å². The predicted octanol–water partition coefficient (Wildman–Crippen LogP) is 1.48. The van der Waals surface area contributed by atoms with E-state index in [-0.39, 0.29) is 23.2 Å². The van der Waals surface area contributed by atoms with Crippen molar-refractivity contribution >= 4 is 23.8 Å². The summed E-state index contributed by atoms with van der Waals surface area (Å²) < 4.78 is 10.2. The Morgan fingerprint density at radius 3 is 2.72 bits per heavy atom. The number of ketones is 1. The van der Waals surface area contributed by atoms with Gasteiger partial charge in [0.2, 0.25) is 0 Å². The van der Waals surface area contributed by atoms with Crippen LogP contribution in [0.25, 0.3) is 6.08 Å². The van der Waals surface area contributed by atoms with E-state index in [1.807, 2.05) is 0 Å². The monoisotopic (exact) mass is 402 g/mol. The molecular weight excluding hydrogens is 380 g/mol. The molecule has 3 N–H and O–H groups in total. The normalized spacial score (nSPS) is 25.3. The molecular formula is C21H22O8. The van der Waals surface area contributed by atoms with E-state index in [4.69, 9.17) is 9.47 Å². The largest absolute Gasteiger partial charge is 0.504 e. The number of aromatic hydroxyl groups is 2. The molecule has 1 aliphatic carbocycles. The van der Waals surface area contributed by atoms with E-state index in [1.54, 1.807) is 6.08 Å². The number of phenols is 2. The Bertz CT molecular complexity index is 871. The molecule has 0 saturated heterocycles. The maximum absolute atomic E-state index is 12.5. The summed E-state index contributed by atoms with van der Waals surface area (Å²) in [5.74, 6) is -2.91. The van der Waals surface area contributed by atoms with Crippen LogP contribution in [0, 0.1) is 11.8 Å². The Morgan fingerprint density at radius 1 is 1.28 bits per heavy atom. The first-order chi connectivity index (χ1) is 13.8. The zero-order valence-corrected chi connectivity index (χ0v) is 15.7. The van der Waals surface area contributed by atoms with Crippen molar-refractivity contribution in [2.24, 2.45) is 11.8 Å². The topological polar surface area (TPSA) is 130 Å². The predicted molar refractivity (Wildman–Crippen MR) is 101 cm³/mol. The summed E-state index contributed by atoms with van der Waals surface area (Å²) in [6, 6.07) is 4.05. The molecule has 5 unspecified atom stereocenters. The van der Waals surface area contributed by atoms with Crippen molar-refractivity contribution in [3.8, 4) is 11.5 Å². The number of carbonyl (C=O) groups excluding carboxylic acids is 3. The van der Waals surface area contributed by atoms with Crippen molar-refractivity contribution in [1.29, 1.82) is 0 Å². The number of esters is 2. The smallest absolute Gasteiger partial charge is 0.331 e. The van der Waals surface area contributed by atoms with Crippen molar-refractivity contribution in [3.05, 3.63) is 42.0 Å². The van der Waals surface area contributed by atoms with Gasteiger partial charge in [-0.2, -0.15) is 0 Å². The Kier molecular flexibility index (Phi) is 6.03. The van der Waals surface area contributed by atoms with Gasteiger partial charge in [-0.15, -0.1) is 0 Å². The average Bonchev–Trinajstić information content (AvgIpc) is 3.48. The molecule has 0 radical (unpaired) electrons. The first kappa shape index (κ1) is 20.6. The molecule has 8 heteroatoms. The number of ether oxygens (including phenoxy) is 2. The van der Waals surface area contributed by atoms with Gasteiger partial charge in [-0.3, -0.25) is 4.79 Å². The van der Waals surface area contributed by atoms with Gasteiger partial charge in [-0.05, 0) is 43.0 Å². The van der Waals surface area contributed by atoms with E-state index >= 15 is 0 Å². The van der Waals surface area contributed by atoms with Crippen LogP contribution in [-0.4, -0.2) is 51.4 Å². The molecule has 154 valence electrons. The number of hydrogen-bond acceptors (Lipinski definition) is 8. The van der Waals surface area contributed by atoms with Gasteiger partial charge >= 0.3 is 11.9 Å². The molecule has 5 atom stereocenters. The molecule has 3 rings (SSSR count). The third-order valence-corrected chi connectivity index (χ3v) is 5.02. The second-order valence-electron chi connectivity index (χ2n) is 7.17. The van der Waals surface area contributed by atoms with Crippen LogP contribution in [0.4, 0.5) is 0 Å². The zero-order valence-electron chi connectivity index (χ0n) is 15.7. The molecule has 0 bridgehead atoms. The van der Waals surface area contributed by atoms with E-state index in [2.05, 4.69) is 0 Å². The Hall–Kier alpha value is -3.13. The highest BCUT2D eigenvalue weighted by Gasteiger charge is 2.51. The summed E-state index contributed by atoms with van der Waals surface area (Å²) in [4.78, 5) is 35.7. The number of rotatable bonds is 7. The summed E-state index contributed by atoms with van der Waals surface area (Å²) in [6.07, 6.45) is 3.67. The van der Waals surface area contributed by atoms with Crippen molar-refractivity contribution in [2.75, 3.05) is 0 Å². The maximum Gasteiger partial charge on any atom is 0.331 e. The van der Waals surface area contributed by atoms with Crippen molar-refractivity contribution in [1.82, 2.24) is 0 Å². The SMILES string of the molecule is CC(OC(=O)/C=C/c1ccc(O)c(O)c1)C(=O)C1CC1C(O)C1CC=CC(=O)O1. The molecule has 1 fully saturated rings. The number of cyclic esters (lactones) is 1. The van der Waals surface area contributed by atoms with Crippen LogP contribution in [0.3, 0.4) is 0 Å². The van der Waals surface area contributed by atoms with Crippen molar-refractivity contribution < 1.29 is 39.2 Å². The van der Waals surface area contributed by atoms with E-state index < -0.39 is 36.2 Å². The second kappa shape index (κ2) is 8.48. The van der Waals surface area contributed by atoms with Gasteiger partial charge in [-0.1, -0.05) is 12.1 Å². The van der Waals surface area contributed by atoms with E-state index in [1.165, 1.54) is 37.3 Å². The quantitative estimate of drug-likeness (QED) is 0.355. The van der Waals surface area contributed by atoms with Gasteiger partial charge in [0.15, 0.2) is 23.4 Å². The number of aliphatic hydroxyl groups is 1. The molecule has 1 aromatic carbocycles. The van der Waals surface area contributed by atoms with Crippen LogP contribution in [0.2, 0.25) is 0 Å². The van der Waals surface area contributed by atoms with Gasteiger partial charge in [0.25, 0.3) is 0 Å². The Morgan fingerprint density at radius 2 is 2.03 bits per heavy atom. The Balaban J connectivity index is 1.49. The van der Waals surface area contributed by atoms with Gasteiger partial charge in [0.05, 0.1) is 6.10 Å². The minimum absolute atomic E-state index is 0.274. The molecule has 1 saturated carbocycles. The summed E-state index contributed by atoms with van der Waals surface area (Å²) in [5.41, 5.74) is 0.470. The fourth-order valence-electron chi connectivity index (χ4n) is 3.32. The standard InChI is InChI=1S/C21H22O8/c1-11(28-19(25)8-6-12-5-7-15(22)16(23)9-12)20(26)13-10-14(13)21(27)17-3-2-4-18(24)29-17/h2,4-9,11,13-14,17,21-23,27H,3,10H2,1H3/b8-6+. The van der Waals surface area contributed by atoms with Crippen LogP contribution in [-0.2, 0) is 23.9 Å². The lowest BCUT2D eigenvalue weighted by Crippen LogP contribution is -2.35. The van der Waals surface area contributed by atoms with Crippen LogP contribution >= 0.6 is 0 Å². The molecule has 8 nitrogen and oxygen atoms in total. The van der Waals surface area contributed by atoms with Gasteiger partial charge in [0.1, 0.15) is 6.10 Å². The first-order valence-electron chi connectivity index (χ1n) is 9.26. The number of carbonyl (C=O) groups is 3. The number of Topliss-reactive ketones (excluding diaryl/α,β-unsaturated/α-hetero) is 1. The van der Waals surface area contributed by atoms with Gasteiger partial charge in [0, 0.05) is 24.5 Å². The molecule has 1 aliphatic heterocycles. The van der Waals surface area contributed by atoms with Crippen LogP contribution in [0.1, 0.15) is 25.3 Å². The summed E-state index contributed by atoms with van der Waals surface area (Å²) in [7, 11) is 0. The lowest BCUT2D eigenvalue weighted by molar-refractivity contribution is -0.152. The number of aliphatic hydroxyl groups excluding tert-OH is 1. The summed E-state index contributed by atoms with van der Waals surface area (Å²) >= 11 is 0.